The average Bonchev–Trinajstić information content (AvgIpc) is 2.43. The van der Waals surface area contributed by atoms with Crippen molar-refractivity contribution < 1.29 is 0 Å². The lowest BCUT2D eigenvalue weighted by Crippen LogP contribution is -2.17. The molecule has 0 radical (unpaired) electrons. The van der Waals surface area contributed by atoms with Crippen LogP contribution in [0.1, 0.15) is 19.8 Å². The molecule has 1 fully saturated rings. The van der Waals surface area contributed by atoms with Crippen molar-refractivity contribution in [2.75, 3.05) is 26.7 Å². The van der Waals surface area contributed by atoms with Crippen LogP contribution in [0, 0.1) is 0 Å². The Bertz CT molecular complexity index is 48.9. The van der Waals surface area contributed by atoms with E-state index in [0.29, 0.717) is 0 Å². The van der Waals surface area contributed by atoms with E-state index in [9.17, 15) is 0 Å². The van der Waals surface area contributed by atoms with Gasteiger partial charge in [-0.25, -0.2) is 0 Å². The number of rotatable bonds is 1. The van der Waals surface area contributed by atoms with E-state index < -0.39 is 0 Å². The molecule has 0 aromatic carbocycles. The quantitative estimate of drug-likeness (QED) is 0.565. The van der Waals surface area contributed by atoms with Crippen LogP contribution >= 0.6 is 0 Å². The molecule has 56 valence electrons. The lowest BCUT2D eigenvalue weighted by Gasteiger charge is -2.08. The fourth-order valence-corrected chi connectivity index (χ4v) is 1.10. The number of nitrogens with zero attached hydrogens (tertiary/aromatic N) is 1. The van der Waals surface area contributed by atoms with Crippen molar-refractivity contribution in [3.05, 3.63) is 0 Å². The van der Waals surface area contributed by atoms with Crippen LogP contribution in [0.4, 0.5) is 0 Å². The molecule has 1 aliphatic rings. The first-order valence-electron chi connectivity index (χ1n) is 3.73. The topological polar surface area (TPSA) is 29.3 Å². The maximum atomic E-state index is 4.50. The van der Waals surface area contributed by atoms with Crippen molar-refractivity contribution in [2.24, 2.45) is 5.73 Å². The fraction of sp³-hybridized carbons (Fsp3) is 1.00. The summed E-state index contributed by atoms with van der Waals surface area (Å²) in [6.45, 7) is 6.16. The zero-order valence-corrected chi connectivity index (χ0v) is 6.56. The number of hydrogen-bond acceptors (Lipinski definition) is 2. The summed E-state index contributed by atoms with van der Waals surface area (Å²) in [4.78, 5) is 2.49. The molecule has 0 bridgehead atoms. The second-order valence-electron chi connectivity index (χ2n) is 2.14. The van der Waals surface area contributed by atoms with E-state index in [2.05, 4.69) is 17.6 Å². The molecule has 1 rings (SSSR count). The fourth-order valence-electron chi connectivity index (χ4n) is 1.10. The second-order valence-corrected chi connectivity index (χ2v) is 2.14. The molecule has 9 heavy (non-hydrogen) atoms. The van der Waals surface area contributed by atoms with Crippen molar-refractivity contribution in [1.29, 1.82) is 0 Å². The minimum Gasteiger partial charge on any atom is -0.333 e. The van der Waals surface area contributed by atoms with E-state index in [-0.39, 0.29) is 0 Å². The molecular formula is C7H18N2. The van der Waals surface area contributed by atoms with E-state index in [1.165, 1.54) is 39.5 Å². The molecular weight excluding hydrogens is 112 g/mol. The van der Waals surface area contributed by atoms with Gasteiger partial charge >= 0.3 is 0 Å². The highest BCUT2D eigenvalue weighted by Gasteiger charge is 2.06. The molecule has 2 heteroatoms. The van der Waals surface area contributed by atoms with Gasteiger partial charge in [-0.3, -0.25) is 0 Å². The molecule has 2 nitrogen and oxygen atoms in total. The Labute approximate surface area is 58.0 Å². The first kappa shape index (κ1) is 8.92. The molecule has 0 aromatic heterocycles. The van der Waals surface area contributed by atoms with Crippen LogP contribution in [0.2, 0.25) is 0 Å². The molecule has 0 unspecified atom stereocenters. The van der Waals surface area contributed by atoms with E-state index in [1.807, 2.05) is 0 Å². The zero-order chi connectivity index (χ0) is 7.11. The molecule has 0 aliphatic carbocycles. The summed E-state index contributed by atoms with van der Waals surface area (Å²) in [6, 6.07) is 0. The van der Waals surface area contributed by atoms with Crippen molar-refractivity contribution in [3.8, 4) is 0 Å². The molecule has 2 N–H and O–H groups in total. The van der Waals surface area contributed by atoms with Crippen LogP contribution in [0.3, 0.4) is 0 Å². The third kappa shape index (κ3) is 3.49. The largest absolute Gasteiger partial charge is 0.333 e. The Kier molecular flexibility index (Phi) is 5.99. The third-order valence-corrected chi connectivity index (χ3v) is 1.65. The van der Waals surface area contributed by atoms with Gasteiger partial charge in [-0.05, 0) is 39.5 Å². The lowest BCUT2D eigenvalue weighted by molar-refractivity contribution is 0.359. The normalized spacial score (nSPS) is 19.0. The molecule has 1 heterocycles. The van der Waals surface area contributed by atoms with Gasteiger partial charge in [0.25, 0.3) is 0 Å². The Balaban J connectivity index is 0.000000291. The zero-order valence-electron chi connectivity index (χ0n) is 6.56. The van der Waals surface area contributed by atoms with Gasteiger partial charge in [0, 0.05) is 0 Å². The van der Waals surface area contributed by atoms with Gasteiger partial charge in [0.15, 0.2) is 0 Å². The van der Waals surface area contributed by atoms with E-state index in [4.69, 9.17) is 0 Å². The third-order valence-electron chi connectivity index (χ3n) is 1.65. The molecule has 0 spiro atoms. The van der Waals surface area contributed by atoms with E-state index in [0.717, 1.165) is 0 Å². The van der Waals surface area contributed by atoms with Crippen molar-refractivity contribution in [2.45, 2.75) is 19.8 Å². The minimum atomic E-state index is 1.25. The van der Waals surface area contributed by atoms with Gasteiger partial charge in [0.05, 0.1) is 0 Å². The average molecular weight is 130 g/mol. The van der Waals surface area contributed by atoms with Crippen molar-refractivity contribution in [3.63, 3.8) is 0 Å². The van der Waals surface area contributed by atoms with Crippen LogP contribution in [0.25, 0.3) is 0 Å². The van der Waals surface area contributed by atoms with Crippen LogP contribution < -0.4 is 5.73 Å². The van der Waals surface area contributed by atoms with Gasteiger partial charge < -0.3 is 10.6 Å². The number of likely N-dealkylation sites (tertiary alicyclic amines) is 1. The number of nitrogens with two attached hydrogens (primary N) is 1. The summed E-state index contributed by atoms with van der Waals surface area (Å²) in [7, 11) is 1.50. The van der Waals surface area contributed by atoms with Gasteiger partial charge in [0.2, 0.25) is 0 Å². The van der Waals surface area contributed by atoms with E-state index >= 15 is 0 Å². The molecule has 0 aromatic rings. The molecule has 0 atom stereocenters. The standard InChI is InChI=1S/C6H13N.CH5N/c1-2-7-5-3-4-6-7;1-2/h2-6H2,1H3;2H2,1H3. The highest BCUT2D eigenvalue weighted by molar-refractivity contribution is 4.62. The summed E-state index contributed by atoms with van der Waals surface area (Å²) in [5.74, 6) is 0. The minimum absolute atomic E-state index is 1.25. The van der Waals surface area contributed by atoms with Crippen LogP contribution in [-0.4, -0.2) is 31.6 Å². The van der Waals surface area contributed by atoms with E-state index in [1.54, 1.807) is 0 Å². The van der Waals surface area contributed by atoms with Crippen molar-refractivity contribution >= 4 is 0 Å². The second kappa shape index (κ2) is 6.05. The molecule has 0 saturated carbocycles. The van der Waals surface area contributed by atoms with Crippen LogP contribution in [0.5, 0.6) is 0 Å². The summed E-state index contributed by atoms with van der Waals surface area (Å²) in [6.07, 6.45) is 2.85. The SMILES string of the molecule is CCN1CCCC1.CN. The predicted molar refractivity (Wildman–Crippen MR) is 41.5 cm³/mol. The monoisotopic (exact) mass is 130 g/mol. The predicted octanol–water partition coefficient (Wildman–Crippen LogP) is 0.677. The van der Waals surface area contributed by atoms with Gasteiger partial charge in [0.1, 0.15) is 0 Å². The van der Waals surface area contributed by atoms with Crippen molar-refractivity contribution in [1.82, 2.24) is 4.90 Å². The maximum absolute atomic E-state index is 4.50. The summed E-state index contributed by atoms with van der Waals surface area (Å²) in [5.41, 5.74) is 4.50. The molecule has 1 aliphatic heterocycles. The first-order chi connectivity index (χ1) is 4.43. The van der Waals surface area contributed by atoms with Gasteiger partial charge in [-0.2, -0.15) is 0 Å². The Morgan fingerprint density at radius 3 is 1.89 bits per heavy atom. The van der Waals surface area contributed by atoms with Crippen LogP contribution in [-0.2, 0) is 0 Å². The Hall–Kier alpha value is -0.0800. The lowest BCUT2D eigenvalue weighted by atomic mass is 10.4. The molecule has 0 amide bonds. The van der Waals surface area contributed by atoms with Gasteiger partial charge in [-0.1, -0.05) is 6.92 Å². The van der Waals surface area contributed by atoms with Gasteiger partial charge in [-0.15, -0.1) is 0 Å². The maximum Gasteiger partial charge on any atom is -0.00184 e. The Morgan fingerprint density at radius 1 is 1.22 bits per heavy atom. The Morgan fingerprint density at radius 2 is 1.67 bits per heavy atom. The summed E-state index contributed by atoms with van der Waals surface area (Å²) < 4.78 is 0. The molecule has 1 saturated heterocycles. The highest BCUT2D eigenvalue weighted by atomic mass is 15.1. The summed E-state index contributed by atoms with van der Waals surface area (Å²) >= 11 is 0. The first-order valence-corrected chi connectivity index (χ1v) is 3.73. The highest BCUT2D eigenvalue weighted by Crippen LogP contribution is 2.04. The summed E-state index contributed by atoms with van der Waals surface area (Å²) in [5, 5.41) is 0. The van der Waals surface area contributed by atoms with Crippen LogP contribution in [0.15, 0.2) is 0 Å². The smallest absolute Gasteiger partial charge is 0.00184 e. The number of hydrogen-bond donors (Lipinski definition) is 1.